The third kappa shape index (κ3) is 10.1. The molecule has 2 aliphatic rings. The number of hydrogen-bond acceptors (Lipinski definition) is 10. The molecule has 2 bridgehead atoms. The second-order valence-corrected chi connectivity index (χ2v) is 11.9. The molecule has 1 heterocycles. The van der Waals surface area contributed by atoms with E-state index in [2.05, 4.69) is 10.3 Å². The summed E-state index contributed by atoms with van der Waals surface area (Å²) in [5.74, 6) is -4.18. The third-order valence-corrected chi connectivity index (χ3v) is 7.93. The lowest BCUT2D eigenvalue weighted by Crippen LogP contribution is -2.42. The summed E-state index contributed by atoms with van der Waals surface area (Å²) in [4.78, 5) is 46.2. The number of carbonyl (C=O) groups is 3. The van der Waals surface area contributed by atoms with Crippen LogP contribution in [-0.4, -0.2) is 96.0 Å². The van der Waals surface area contributed by atoms with E-state index in [9.17, 15) is 35.0 Å². The van der Waals surface area contributed by atoms with Crippen LogP contribution in [0.1, 0.15) is 40.5 Å². The number of ether oxygens (including phenoxy) is 1. The second-order valence-electron chi connectivity index (χ2n) is 11.9. The number of aliphatic hydroxyl groups excluding tert-OH is 3. The van der Waals surface area contributed by atoms with Gasteiger partial charge in [-0.2, -0.15) is 5.26 Å². The van der Waals surface area contributed by atoms with Crippen molar-refractivity contribution in [3.8, 4) is 6.26 Å². The smallest absolute Gasteiger partial charge is 0.286 e. The fraction of sp³-hybridized carbons (Fsp3) is 0.594. The average molecular weight is 599 g/mol. The number of nitrogens with zero attached hydrogens (tertiary/aromatic N) is 3. The van der Waals surface area contributed by atoms with E-state index < -0.39 is 53.4 Å². The molecule has 0 aromatic carbocycles. The highest BCUT2D eigenvalue weighted by molar-refractivity contribution is 6.51. The van der Waals surface area contributed by atoms with Gasteiger partial charge in [-0.25, -0.2) is 0 Å². The number of carbonyl (C=O) groups excluding carboxylic acids is 3. The van der Waals surface area contributed by atoms with Gasteiger partial charge < -0.3 is 30.3 Å². The van der Waals surface area contributed by atoms with Gasteiger partial charge in [0, 0.05) is 42.6 Å². The number of amides is 1. The van der Waals surface area contributed by atoms with Gasteiger partial charge in [0.2, 0.25) is 5.78 Å². The Hall–Kier alpha value is -3.43. The first-order chi connectivity index (χ1) is 20.3. The number of likely N-dealkylation sites (N-methyl/N-ethyl adjacent to an activating group) is 1. The maximum Gasteiger partial charge on any atom is 0.286 e. The van der Waals surface area contributed by atoms with Crippen molar-refractivity contribution in [3.05, 3.63) is 47.2 Å². The number of hydrogen-bond donors (Lipinski definition) is 4. The van der Waals surface area contributed by atoms with E-state index in [1.54, 1.807) is 45.3 Å². The molecule has 1 amide bonds. The van der Waals surface area contributed by atoms with Crippen LogP contribution in [0.25, 0.3) is 0 Å². The van der Waals surface area contributed by atoms with Crippen molar-refractivity contribution in [2.45, 2.75) is 52.7 Å². The van der Waals surface area contributed by atoms with Crippen molar-refractivity contribution < 1.29 is 34.4 Å². The first-order valence-electron chi connectivity index (χ1n) is 14.6. The molecule has 0 aromatic heterocycles. The van der Waals surface area contributed by atoms with Crippen LogP contribution < -0.4 is 5.32 Å². The standard InChI is InChI=1S/C32H46N4O7/c1-19-12-24(17-38)29(40)21(3)14-22(4)31(43-18-33)23(16-37)9-7-8-20(2)32(42)35-26-15-27(39)28(25(13-19)30(26)41)34-10-11-36(5)6/h7-9,14-15,19,21,23-25,29,31,37-38,40H,10-13,16-17H2,1-6H3,(H,35,42)/b9-7-,20-8+,22-14?,34-28?/t19-,21+,23+,24-,25?,29-,31+/m0/s1. The fourth-order valence-corrected chi connectivity index (χ4v) is 5.48. The summed E-state index contributed by atoms with van der Waals surface area (Å²) in [6, 6.07) is 0. The van der Waals surface area contributed by atoms with E-state index in [1.807, 2.05) is 25.9 Å². The molecule has 11 heteroatoms. The highest BCUT2D eigenvalue weighted by Crippen LogP contribution is 2.30. The Morgan fingerprint density at radius 3 is 2.44 bits per heavy atom. The Bertz CT molecular complexity index is 1210. The molecule has 0 radical (unpaired) electrons. The summed E-state index contributed by atoms with van der Waals surface area (Å²) in [5, 5.41) is 43.3. The van der Waals surface area contributed by atoms with Crippen LogP contribution in [0.15, 0.2) is 52.2 Å². The first kappa shape index (κ1) is 35.8. The number of allylic oxidation sites excluding steroid dienone is 4. The summed E-state index contributed by atoms with van der Waals surface area (Å²) in [6.07, 6.45) is 8.00. The Morgan fingerprint density at radius 2 is 1.84 bits per heavy atom. The maximum absolute atomic E-state index is 13.7. The van der Waals surface area contributed by atoms with Crippen molar-refractivity contribution in [2.75, 3.05) is 40.4 Å². The molecule has 0 saturated carbocycles. The van der Waals surface area contributed by atoms with Crippen molar-refractivity contribution in [3.63, 3.8) is 0 Å². The molecule has 1 aliphatic heterocycles. The Labute approximate surface area is 254 Å². The number of nitriles is 1. The molecule has 2 rings (SSSR count). The van der Waals surface area contributed by atoms with Gasteiger partial charge in [0.15, 0.2) is 5.78 Å². The fourth-order valence-electron chi connectivity index (χ4n) is 5.48. The van der Waals surface area contributed by atoms with Gasteiger partial charge >= 0.3 is 0 Å². The highest BCUT2D eigenvalue weighted by atomic mass is 16.5. The van der Waals surface area contributed by atoms with Gasteiger partial charge in [-0.15, -0.1) is 0 Å². The largest absolute Gasteiger partial charge is 0.419 e. The molecule has 236 valence electrons. The van der Waals surface area contributed by atoms with Gasteiger partial charge in [0.1, 0.15) is 6.10 Å². The minimum Gasteiger partial charge on any atom is -0.419 e. The topological polar surface area (TPSA) is 173 Å². The molecule has 1 unspecified atom stereocenters. The summed E-state index contributed by atoms with van der Waals surface area (Å²) in [7, 11) is 3.76. The normalized spacial score (nSPS) is 32.8. The molecule has 11 nitrogen and oxygen atoms in total. The van der Waals surface area contributed by atoms with Gasteiger partial charge in [0.25, 0.3) is 12.2 Å². The number of nitrogens with one attached hydrogen (secondary N) is 1. The molecule has 0 aromatic rings. The van der Waals surface area contributed by atoms with Crippen molar-refractivity contribution in [1.29, 1.82) is 5.26 Å². The van der Waals surface area contributed by atoms with E-state index in [4.69, 9.17) is 4.74 Å². The molecular formula is C32H46N4O7. The van der Waals surface area contributed by atoms with Gasteiger partial charge in [-0.1, -0.05) is 38.2 Å². The van der Waals surface area contributed by atoms with Gasteiger partial charge in [0.05, 0.1) is 36.6 Å². The van der Waals surface area contributed by atoms with Crippen molar-refractivity contribution in [1.82, 2.24) is 10.2 Å². The number of aliphatic imine (C=N–C) groups is 1. The predicted molar refractivity (Wildman–Crippen MR) is 162 cm³/mol. The summed E-state index contributed by atoms with van der Waals surface area (Å²) >= 11 is 0. The van der Waals surface area contributed by atoms with E-state index >= 15 is 0 Å². The SMILES string of the molecule is CC1=C[C@@H](C)[C@H](O)[C@H](CO)C[C@H](C)CC2C(=O)C(=CC(=O)C2=NCCN(C)C)NC(=O)/C(C)=C/C=C\[C@H](CO)[C@@H]1OC#N. The molecule has 0 fully saturated rings. The van der Waals surface area contributed by atoms with Crippen LogP contribution in [0.3, 0.4) is 0 Å². The third-order valence-electron chi connectivity index (χ3n) is 7.93. The lowest BCUT2D eigenvalue weighted by Gasteiger charge is -2.30. The molecule has 0 spiro atoms. The van der Waals surface area contributed by atoms with Crippen LogP contribution in [0.4, 0.5) is 0 Å². The minimum atomic E-state index is -0.965. The van der Waals surface area contributed by atoms with Crippen LogP contribution in [0, 0.1) is 41.1 Å². The van der Waals surface area contributed by atoms with E-state index in [0.717, 1.165) is 6.08 Å². The van der Waals surface area contributed by atoms with Gasteiger partial charge in [-0.05, 0) is 52.3 Å². The summed E-state index contributed by atoms with van der Waals surface area (Å²) in [6.45, 7) is 7.20. The minimum absolute atomic E-state index is 0.115. The predicted octanol–water partition coefficient (Wildman–Crippen LogP) is 1.72. The molecule has 43 heavy (non-hydrogen) atoms. The van der Waals surface area contributed by atoms with Crippen LogP contribution >= 0.6 is 0 Å². The number of rotatable bonds is 6. The number of aliphatic hydroxyl groups is 3. The van der Waals surface area contributed by atoms with E-state index in [0.29, 0.717) is 25.1 Å². The number of Topliss-reactive ketones (excluding diaryl/α,β-unsaturated/α-hetero) is 1. The van der Waals surface area contributed by atoms with E-state index in [-0.39, 0.29) is 42.5 Å². The van der Waals surface area contributed by atoms with Crippen LogP contribution in [0.5, 0.6) is 0 Å². The number of fused-ring (bicyclic) bond motifs is 2. The summed E-state index contributed by atoms with van der Waals surface area (Å²) in [5.41, 5.74) is 0.886. The zero-order valence-electron chi connectivity index (χ0n) is 26.0. The van der Waals surface area contributed by atoms with E-state index in [1.165, 1.54) is 6.08 Å². The average Bonchev–Trinajstić information content (AvgIpc) is 2.95. The van der Waals surface area contributed by atoms with Crippen molar-refractivity contribution >= 4 is 23.2 Å². The monoisotopic (exact) mass is 598 g/mol. The zero-order chi connectivity index (χ0) is 32.3. The maximum atomic E-state index is 13.7. The Morgan fingerprint density at radius 1 is 1.14 bits per heavy atom. The molecular weight excluding hydrogens is 552 g/mol. The summed E-state index contributed by atoms with van der Waals surface area (Å²) < 4.78 is 5.28. The molecule has 0 saturated heterocycles. The lowest BCUT2D eigenvalue weighted by molar-refractivity contribution is -0.123. The highest BCUT2D eigenvalue weighted by Gasteiger charge is 2.38. The molecule has 7 atom stereocenters. The zero-order valence-corrected chi connectivity index (χ0v) is 26.0. The molecule has 4 N–H and O–H groups in total. The van der Waals surface area contributed by atoms with Crippen LogP contribution in [-0.2, 0) is 19.1 Å². The lowest BCUT2D eigenvalue weighted by atomic mass is 9.77. The number of ketones is 2. The van der Waals surface area contributed by atoms with Crippen LogP contribution in [0.2, 0.25) is 0 Å². The van der Waals surface area contributed by atoms with Crippen molar-refractivity contribution in [2.24, 2.45) is 34.6 Å². The second kappa shape index (κ2) is 17.0. The Kier molecular flexibility index (Phi) is 14.1. The quantitative estimate of drug-likeness (QED) is 0.262. The Balaban J connectivity index is 2.59. The van der Waals surface area contributed by atoms with Gasteiger partial charge in [-0.3, -0.25) is 19.4 Å². The first-order valence-corrected chi connectivity index (χ1v) is 14.6. The molecule has 1 aliphatic carbocycles.